The number of likely N-dealkylation sites (N-methyl/N-ethyl adjacent to an activating group) is 1. The number of carboxylic acids is 2. The predicted molar refractivity (Wildman–Crippen MR) is 123 cm³/mol. The lowest BCUT2D eigenvalue weighted by Gasteiger charge is -2.29. The minimum atomic E-state index is -2.07. The second kappa shape index (κ2) is 13.5. The number of hydrogen-bond donors (Lipinski definition) is 3. The average Bonchev–Trinajstić information content (AvgIpc) is 3.14. The number of aromatic nitrogens is 1. The first-order valence-electron chi connectivity index (χ1n) is 11.2. The summed E-state index contributed by atoms with van der Waals surface area (Å²) in [5.41, 5.74) is 2.38. The van der Waals surface area contributed by atoms with Crippen molar-refractivity contribution in [2.75, 3.05) is 60.2 Å². The highest BCUT2D eigenvalue weighted by atomic mass is 16.5. The number of carbonyl (C=O) groups is 3. The fraction of sp³-hybridized carbons (Fsp3) is 0.522. The van der Waals surface area contributed by atoms with E-state index in [1.54, 1.807) is 18.9 Å². The number of aliphatic carboxylic acids is 2. The first-order valence-corrected chi connectivity index (χ1v) is 11.2. The van der Waals surface area contributed by atoms with Crippen molar-refractivity contribution >= 4 is 28.7 Å². The fourth-order valence-electron chi connectivity index (χ4n) is 3.65. The Balaban J connectivity index is 0.000000604. The van der Waals surface area contributed by atoms with E-state index in [4.69, 9.17) is 29.3 Å². The number of nitrogens with zero attached hydrogens (tertiary/aromatic N) is 2. The number of methoxy groups -OCH3 is 1. The maximum absolute atomic E-state index is 11.2. The molecule has 1 amide bonds. The summed E-state index contributed by atoms with van der Waals surface area (Å²) < 4.78 is 13.6. The van der Waals surface area contributed by atoms with Crippen molar-refractivity contribution in [2.45, 2.75) is 19.9 Å². The third-order valence-electron chi connectivity index (χ3n) is 5.57. The summed E-state index contributed by atoms with van der Waals surface area (Å²) in [7, 11) is 3.93. The molecule has 34 heavy (non-hydrogen) atoms. The molecular weight excluding hydrogens is 444 g/mol. The average molecular weight is 479 g/mol. The van der Waals surface area contributed by atoms with Crippen LogP contribution in [0, 0.1) is 0 Å². The van der Waals surface area contributed by atoms with Gasteiger partial charge < -0.3 is 39.3 Å². The van der Waals surface area contributed by atoms with E-state index in [1.165, 1.54) is 29.6 Å². The van der Waals surface area contributed by atoms with Crippen LogP contribution in [0.15, 0.2) is 24.4 Å². The van der Waals surface area contributed by atoms with E-state index >= 15 is 0 Å². The van der Waals surface area contributed by atoms with Gasteiger partial charge in [0.2, 0.25) is 5.91 Å². The minimum absolute atomic E-state index is 0.000209. The van der Waals surface area contributed by atoms with Crippen LogP contribution in [0.3, 0.4) is 0 Å². The summed E-state index contributed by atoms with van der Waals surface area (Å²) in [5.74, 6) is -3.16. The summed E-state index contributed by atoms with van der Waals surface area (Å²) in [5, 5.41) is 20.4. The number of fused-ring (bicyclic) bond motifs is 1. The van der Waals surface area contributed by atoms with Gasteiger partial charge in [0.05, 0.1) is 40.6 Å². The number of carbonyl (C=O) groups excluding carboxylic acids is 2. The van der Waals surface area contributed by atoms with E-state index in [-0.39, 0.29) is 5.91 Å². The number of hydrogen-bond acceptors (Lipinski definition) is 7. The smallest absolute Gasteiger partial charge is 0.351 e. The molecule has 3 N–H and O–H groups in total. The molecule has 1 fully saturated rings. The van der Waals surface area contributed by atoms with Crippen LogP contribution >= 0.6 is 0 Å². The van der Waals surface area contributed by atoms with Crippen molar-refractivity contribution in [3.8, 4) is 5.75 Å². The van der Waals surface area contributed by atoms with Crippen molar-refractivity contribution in [3.05, 3.63) is 30.0 Å². The third-order valence-corrected chi connectivity index (χ3v) is 5.57. The van der Waals surface area contributed by atoms with Crippen LogP contribution in [0.1, 0.15) is 12.5 Å². The van der Waals surface area contributed by atoms with Gasteiger partial charge in [0.1, 0.15) is 5.75 Å². The Kier molecular flexibility index (Phi) is 10.8. The molecule has 0 spiro atoms. The van der Waals surface area contributed by atoms with Gasteiger partial charge in [0, 0.05) is 50.2 Å². The lowest BCUT2D eigenvalue weighted by atomic mass is 10.1. The summed E-state index contributed by atoms with van der Waals surface area (Å²) in [6, 6.07) is 6.16. The maximum atomic E-state index is 11.2. The van der Waals surface area contributed by atoms with Crippen LogP contribution in [-0.2, 0) is 32.1 Å². The molecule has 2 heterocycles. The fourth-order valence-corrected chi connectivity index (χ4v) is 3.65. The molecule has 2 aromatic rings. The molecule has 11 heteroatoms. The molecule has 0 unspecified atom stereocenters. The van der Waals surface area contributed by atoms with Crippen LogP contribution in [0.5, 0.6) is 5.75 Å². The van der Waals surface area contributed by atoms with E-state index in [0.717, 1.165) is 31.8 Å². The Bertz CT molecular complexity index is 956. The van der Waals surface area contributed by atoms with E-state index in [0.29, 0.717) is 19.9 Å². The second-order valence-electron chi connectivity index (χ2n) is 8.17. The van der Waals surface area contributed by atoms with Gasteiger partial charge in [-0.15, -0.1) is 0 Å². The molecule has 0 atom stereocenters. The molecule has 0 saturated carbocycles. The highest BCUT2D eigenvalue weighted by Crippen LogP contribution is 2.26. The molecule has 1 aromatic heterocycles. The Morgan fingerprint density at radius 1 is 1.24 bits per heavy atom. The Morgan fingerprint density at radius 2 is 1.91 bits per heavy atom. The zero-order chi connectivity index (χ0) is 25.1. The SMILES string of the molecule is COc1ccc2c(c1)c(CCNC(C)=O)cn2CCOCN1CC[NH+](C)CC1.O=C([O-])C(=O)O. The van der Waals surface area contributed by atoms with Gasteiger partial charge in [-0.25, -0.2) is 4.79 Å². The van der Waals surface area contributed by atoms with Crippen molar-refractivity contribution in [2.24, 2.45) is 0 Å². The van der Waals surface area contributed by atoms with Gasteiger partial charge in [-0.1, -0.05) is 0 Å². The number of rotatable bonds is 9. The number of nitrogens with one attached hydrogen (secondary N) is 2. The largest absolute Gasteiger partial charge is 0.539 e. The summed E-state index contributed by atoms with van der Waals surface area (Å²) in [6.07, 6.45) is 2.97. The van der Waals surface area contributed by atoms with Crippen molar-refractivity contribution in [3.63, 3.8) is 0 Å². The molecule has 1 aliphatic rings. The summed E-state index contributed by atoms with van der Waals surface area (Å²) >= 11 is 0. The molecule has 0 radical (unpaired) electrons. The molecule has 1 saturated heterocycles. The monoisotopic (exact) mass is 478 g/mol. The Hall–Kier alpha value is -3.15. The maximum Gasteiger partial charge on any atom is 0.351 e. The quantitative estimate of drug-likeness (QED) is 0.277. The Morgan fingerprint density at radius 3 is 2.50 bits per heavy atom. The van der Waals surface area contributed by atoms with E-state index < -0.39 is 11.9 Å². The van der Waals surface area contributed by atoms with Gasteiger partial charge in [0.25, 0.3) is 0 Å². The van der Waals surface area contributed by atoms with Gasteiger partial charge in [0.15, 0.2) is 5.97 Å². The lowest BCUT2D eigenvalue weighted by molar-refractivity contribution is -0.884. The standard InChI is InChI=1S/C21H32N4O3.C2H2O4/c1-17(26)22-7-6-18-15-25(21-5-4-19(27-3)14-20(18)21)12-13-28-16-24-10-8-23(2)9-11-24;3-1(4)2(5)6/h4-5,14-15H,6-13,16H2,1-3H3,(H,22,26);(H,3,4)(H,5,6). The van der Waals surface area contributed by atoms with Crippen molar-refractivity contribution < 1.29 is 39.0 Å². The van der Waals surface area contributed by atoms with Crippen LogP contribution in [0.4, 0.5) is 0 Å². The van der Waals surface area contributed by atoms with Gasteiger partial charge in [-0.05, 0) is 30.2 Å². The van der Waals surface area contributed by atoms with Crippen LogP contribution in [0.25, 0.3) is 10.9 Å². The molecule has 0 bridgehead atoms. The van der Waals surface area contributed by atoms with Gasteiger partial charge >= 0.3 is 5.97 Å². The number of quaternary nitrogens is 1. The highest BCUT2D eigenvalue weighted by molar-refractivity contribution is 6.26. The highest BCUT2D eigenvalue weighted by Gasteiger charge is 2.16. The Labute approximate surface area is 198 Å². The topological polar surface area (TPSA) is 138 Å². The van der Waals surface area contributed by atoms with E-state index in [1.807, 2.05) is 6.07 Å². The summed E-state index contributed by atoms with van der Waals surface area (Å²) in [6.45, 7) is 8.95. The van der Waals surface area contributed by atoms with Gasteiger partial charge in [-0.2, -0.15) is 0 Å². The number of ether oxygens (including phenoxy) is 2. The second-order valence-corrected chi connectivity index (χ2v) is 8.17. The molecule has 1 aromatic carbocycles. The van der Waals surface area contributed by atoms with E-state index in [2.05, 4.69) is 40.2 Å². The molecule has 3 rings (SSSR count). The third kappa shape index (κ3) is 8.65. The van der Waals surface area contributed by atoms with Crippen LogP contribution in [-0.4, -0.2) is 92.6 Å². The minimum Gasteiger partial charge on any atom is -0.539 e. The first-order chi connectivity index (χ1) is 16.2. The number of benzene rings is 1. The van der Waals surface area contributed by atoms with Crippen LogP contribution in [0.2, 0.25) is 0 Å². The lowest BCUT2D eigenvalue weighted by Crippen LogP contribution is -3.12. The molecule has 1 aliphatic heterocycles. The number of piperazine rings is 1. The first kappa shape index (κ1) is 27.1. The predicted octanol–water partition coefficient (Wildman–Crippen LogP) is -2.05. The molecule has 11 nitrogen and oxygen atoms in total. The number of amides is 1. The zero-order valence-electron chi connectivity index (χ0n) is 20.0. The van der Waals surface area contributed by atoms with Crippen LogP contribution < -0.4 is 20.1 Å². The summed E-state index contributed by atoms with van der Waals surface area (Å²) in [4.78, 5) is 33.2. The molecule has 0 aliphatic carbocycles. The van der Waals surface area contributed by atoms with Gasteiger partial charge in [-0.3, -0.25) is 9.69 Å². The van der Waals surface area contributed by atoms with E-state index in [9.17, 15) is 4.79 Å². The molecular formula is C23H34N4O7. The van der Waals surface area contributed by atoms with Crippen molar-refractivity contribution in [1.29, 1.82) is 0 Å². The zero-order valence-corrected chi connectivity index (χ0v) is 20.0. The number of carboxylic acid groups (broad SMARTS) is 2. The molecule has 188 valence electrons. The normalized spacial score (nSPS) is 14.3. The van der Waals surface area contributed by atoms with Crippen molar-refractivity contribution in [1.82, 2.24) is 14.8 Å².